The van der Waals surface area contributed by atoms with Gasteiger partial charge in [0.2, 0.25) is 0 Å². The Labute approximate surface area is 91.9 Å². The van der Waals surface area contributed by atoms with Crippen LogP contribution in [-0.4, -0.2) is 15.0 Å². The van der Waals surface area contributed by atoms with Crippen LogP contribution in [0, 0.1) is 24.1 Å². The monoisotopic (exact) mass is 216 g/mol. The predicted octanol–water partition coefficient (Wildman–Crippen LogP) is 1.65. The van der Waals surface area contributed by atoms with Gasteiger partial charge >= 0.3 is 0 Å². The second kappa shape index (κ2) is 4.11. The maximum Gasteiger partial charge on any atom is 0.185 e. The summed E-state index contributed by atoms with van der Waals surface area (Å²) < 4.78 is 14.9. The maximum absolute atomic E-state index is 13.4. The van der Waals surface area contributed by atoms with E-state index in [2.05, 4.69) is 10.3 Å². The lowest BCUT2D eigenvalue weighted by atomic mass is 10.2. The van der Waals surface area contributed by atoms with Gasteiger partial charge in [0.15, 0.2) is 5.69 Å². The van der Waals surface area contributed by atoms with Crippen molar-refractivity contribution < 1.29 is 4.39 Å². The van der Waals surface area contributed by atoms with E-state index in [4.69, 9.17) is 5.26 Å². The number of hydrogen-bond donors (Lipinski definition) is 0. The highest BCUT2D eigenvalue weighted by Crippen LogP contribution is 2.10. The fourth-order valence-corrected chi connectivity index (χ4v) is 1.40. The van der Waals surface area contributed by atoms with E-state index in [1.807, 2.05) is 6.07 Å². The van der Waals surface area contributed by atoms with E-state index >= 15 is 0 Å². The van der Waals surface area contributed by atoms with Crippen LogP contribution in [0.2, 0.25) is 0 Å². The lowest BCUT2D eigenvalue weighted by molar-refractivity contribution is 0.571. The van der Waals surface area contributed by atoms with Crippen LogP contribution in [0.5, 0.6) is 0 Å². The normalized spacial score (nSPS) is 10.1. The predicted molar refractivity (Wildman–Crippen MR) is 55.0 cm³/mol. The zero-order chi connectivity index (χ0) is 11.5. The third-order valence-corrected chi connectivity index (χ3v) is 2.37. The molecule has 2 aromatic rings. The molecule has 0 spiro atoms. The maximum atomic E-state index is 13.4. The first-order valence-corrected chi connectivity index (χ1v) is 4.76. The number of nitriles is 1. The molecule has 1 aromatic heterocycles. The molecule has 0 saturated heterocycles. The standard InChI is InChI=1S/C11H9FN4/c1-8-11(6-13)14-15-16(8)7-9-4-2-3-5-10(9)12/h2-5H,7H2,1H3. The Morgan fingerprint density at radius 3 is 2.81 bits per heavy atom. The van der Waals surface area contributed by atoms with Crippen molar-refractivity contribution in [2.75, 3.05) is 0 Å². The molecular weight excluding hydrogens is 207 g/mol. The molecule has 0 aliphatic carbocycles. The molecule has 0 unspecified atom stereocenters. The Hall–Kier alpha value is -2.22. The van der Waals surface area contributed by atoms with Crippen LogP contribution >= 0.6 is 0 Å². The molecule has 0 fully saturated rings. The Balaban J connectivity index is 2.32. The summed E-state index contributed by atoms with van der Waals surface area (Å²) in [7, 11) is 0. The Morgan fingerprint density at radius 2 is 2.19 bits per heavy atom. The minimum atomic E-state index is -0.282. The Bertz CT molecular complexity index is 553. The van der Waals surface area contributed by atoms with Crippen molar-refractivity contribution in [3.8, 4) is 6.07 Å². The number of hydrogen-bond acceptors (Lipinski definition) is 3. The molecule has 0 saturated carbocycles. The van der Waals surface area contributed by atoms with E-state index in [-0.39, 0.29) is 18.1 Å². The van der Waals surface area contributed by atoms with Crippen LogP contribution in [0.3, 0.4) is 0 Å². The largest absolute Gasteiger partial charge is 0.244 e. The van der Waals surface area contributed by atoms with E-state index in [9.17, 15) is 4.39 Å². The van der Waals surface area contributed by atoms with Crippen molar-refractivity contribution in [1.29, 1.82) is 5.26 Å². The first kappa shape index (κ1) is 10.3. The molecule has 1 heterocycles. The molecule has 0 N–H and O–H groups in total. The van der Waals surface area contributed by atoms with Crippen LogP contribution in [0.25, 0.3) is 0 Å². The molecule has 0 aliphatic heterocycles. The summed E-state index contributed by atoms with van der Waals surface area (Å²) in [5.41, 5.74) is 1.45. The minimum absolute atomic E-state index is 0.274. The van der Waals surface area contributed by atoms with Crippen LogP contribution in [0.15, 0.2) is 24.3 Å². The lowest BCUT2D eigenvalue weighted by Crippen LogP contribution is -2.05. The second-order valence-corrected chi connectivity index (χ2v) is 3.38. The summed E-state index contributed by atoms with van der Waals surface area (Å²) in [6.45, 7) is 2.02. The SMILES string of the molecule is Cc1c(C#N)nnn1Cc1ccccc1F. The Morgan fingerprint density at radius 1 is 1.44 bits per heavy atom. The lowest BCUT2D eigenvalue weighted by Gasteiger charge is -2.04. The molecule has 0 amide bonds. The first-order valence-electron chi connectivity index (χ1n) is 4.76. The highest BCUT2D eigenvalue weighted by molar-refractivity contribution is 5.24. The molecule has 2 rings (SSSR count). The van der Waals surface area contributed by atoms with Gasteiger partial charge in [0, 0.05) is 5.56 Å². The number of benzene rings is 1. The van der Waals surface area contributed by atoms with Crippen molar-refractivity contribution >= 4 is 0 Å². The van der Waals surface area contributed by atoms with Gasteiger partial charge in [-0.1, -0.05) is 23.4 Å². The third kappa shape index (κ3) is 1.77. The van der Waals surface area contributed by atoms with Gasteiger partial charge in [0.1, 0.15) is 11.9 Å². The molecule has 80 valence electrons. The van der Waals surface area contributed by atoms with Crippen molar-refractivity contribution in [1.82, 2.24) is 15.0 Å². The summed E-state index contributed by atoms with van der Waals surface area (Å²) in [6.07, 6.45) is 0. The van der Waals surface area contributed by atoms with Crippen molar-refractivity contribution in [3.05, 3.63) is 47.0 Å². The van der Waals surface area contributed by atoms with E-state index in [1.165, 1.54) is 10.7 Å². The van der Waals surface area contributed by atoms with Crippen LogP contribution in [-0.2, 0) is 6.54 Å². The molecular formula is C11H9FN4. The quantitative estimate of drug-likeness (QED) is 0.766. The molecule has 1 aromatic carbocycles. The Kier molecular flexibility index (Phi) is 2.64. The topological polar surface area (TPSA) is 54.5 Å². The highest BCUT2D eigenvalue weighted by atomic mass is 19.1. The van der Waals surface area contributed by atoms with Gasteiger partial charge in [-0.2, -0.15) is 5.26 Å². The number of nitrogens with zero attached hydrogens (tertiary/aromatic N) is 4. The summed E-state index contributed by atoms with van der Waals surface area (Å²) in [4.78, 5) is 0. The fourth-order valence-electron chi connectivity index (χ4n) is 1.40. The van der Waals surface area contributed by atoms with Crippen LogP contribution in [0.1, 0.15) is 17.0 Å². The fraction of sp³-hybridized carbons (Fsp3) is 0.182. The summed E-state index contributed by atoms with van der Waals surface area (Å²) in [6, 6.07) is 8.40. The summed E-state index contributed by atoms with van der Waals surface area (Å²) >= 11 is 0. The van der Waals surface area contributed by atoms with Crippen LogP contribution < -0.4 is 0 Å². The zero-order valence-electron chi connectivity index (χ0n) is 8.68. The first-order chi connectivity index (χ1) is 7.72. The average molecular weight is 216 g/mol. The van der Waals surface area contributed by atoms with Gasteiger partial charge in [-0.05, 0) is 13.0 Å². The van der Waals surface area contributed by atoms with Gasteiger partial charge in [0.05, 0.1) is 12.2 Å². The highest BCUT2D eigenvalue weighted by Gasteiger charge is 2.09. The van der Waals surface area contributed by atoms with Crippen molar-refractivity contribution in [2.45, 2.75) is 13.5 Å². The molecule has 0 radical (unpaired) electrons. The molecule has 0 bridgehead atoms. The molecule has 0 atom stereocenters. The van der Waals surface area contributed by atoms with E-state index in [0.29, 0.717) is 11.3 Å². The second-order valence-electron chi connectivity index (χ2n) is 3.38. The van der Waals surface area contributed by atoms with Crippen molar-refractivity contribution in [3.63, 3.8) is 0 Å². The smallest absolute Gasteiger partial charge is 0.185 e. The van der Waals surface area contributed by atoms with Crippen molar-refractivity contribution in [2.24, 2.45) is 0 Å². The zero-order valence-corrected chi connectivity index (χ0v) is 8.68. The van der Waals surface area contributed by atoms with Gasteiger partial charge in [-0.3, -0.25) is 0 Å². The number of halogens is 1. The van der Waals surface area contributed by atoms with E-state index < -0.39 is 0 Å². The van der Waals surface area contributed by atoms with Gasteiger partial charge in [0.25, 0.3) is 0 Å². The van der Waals surface area contributed by atoms with E-state index in [0.717, 1.165) is 0 Å². The summed E-state index contributed by atoms with van der Waals surface area (Å²) in [5, 5.41) is 16.2. The summed E-state index contributed by atoms with van der Waals surface area (Å²) in [5.74, 6) is -0.282. The molecule has 4 nitrogen and oxygen atoms in total. The van der Waals surface area contributed by atoms with E-state index in [1.54, 1.807) is 25.1 Å². The molecule has 16 heavy (non-hydrogen) atoms. The van der Waals surface area contributed by atoms with Gasteiger partial charge < -0.3 is 0 Å². The molecule has 0 aliphatic rings. The number of rotatable bonds is 2. The number of aromatic nitrogens is 3. The van der Waals surface area contributed by atoms with Gasteiger partial charge in [-0.15, -0.1) is 5.10 Å². The minimum Gasteiger partial charge on any atom is -0.244 e. The van der Waals surface area contributed by atoms with Crippen LogP contribution in [0.4, 0.5) is 4.39 Å². The van der Waals surface area contributed by atoms with Gasteiger partial charge in [-0.25, -0.2) is 9.07 Å². The molecule has 5 heteroatoms. The average Bonchev–Trinajstić information content (AvgIpc) is 2.63. The third-order valence-electron chi connectivity index (χ3n) is 2.37.